The van der Waals surface area contributed by atoms with E-state index in [2.05, 4.69) is 149 Å². The van der Waals surface area contributed by atoms with Crippen LogP contribution in [0.4, 0.5) is 46.5 Å². The lowest BCUT2D eigenvalue weighted by Gasteiger charge is -2.30. The standard InChI is InChI=1S/C24H29N7O2.C24H31N5O3.C23H32N5O4P.C22H29N5O4S/c25-22-21-13-20(32)16-31(15-19-5-3-4-18(12-19)14-29-7-1-2-8-29)23(21)28-24(27-22)33-11-10-30-9-6-26-17-30;25-22-21-11-20(30)14-29(23(21)27-24(26-22)32-16-19-6-9-31-15-19)13-18-5-3-4-17(10-18)12-28-7-1-2-8-28;1-31-33(2,30)11-10-32-23-25-21(24)20-13-19(29)16-28(22(20)26-23)15-18-7-5-6-17(12-18)14-27-8-3-4-9-27;1-32(29,30)10-9-31-22-24-20(23)19-12-18(28)15-27(21(19)25-22)14-17-6-4-5-16(11-17)13-26-7-2-3-8-26/h3-6,9,12,17H,1-2,7-8,10-11,13-16H2,(H2,25,27,28);3-5,10,19H,1-2,6-9,11-16H2,(H2,25,26,27);5-7,12H,3-4,8-11,13-16H2,1-2H3,(H2,24,25,26);4-6,11H,2-3,7-10,12-15H2,1H3,(H2,23,24,25). The van der Waals surface area contributed by atoms with E-state index in [1.54, 1.807) is 19.2 Å². The van der Waals surface area contributed by atoms with E-state index in [0.29, 0.717) is 129 Å². The molecular formula is C93H121N22O13PS. The number of carbonyl (C=O) groups excluding carboxylic acids is 4. The maximum absolute atomic E-state index is 12.5. The minimum absolute atomic E-state index is 0.0204. The molecule has 0 amide bonds. The van der Waals surface area contributed by atoms with Crippen LogP contribution < -0.4 is 61.5 Å². The van der Waals surface area contributed by atoms with Gasteiger partial charge >= 0.3 is 24.0 Å². The highest BCUT2D eigenvalue weighted by atomic mass is 32.2. The van der Waals surface area contributed by atoms with Crippen LogP contribution in [0.25, 0.3) is 0 Å². The summed E-state index contributed by atoms with van der Waals surface area (Å²) in [6, 6.07) is 34.7. The normalized spacial score (nSPS) is 18.1. The number of likely N-dealkylation sites (tertiary alicyclic amines) is 4. The number of hydrogen-bond acceptors (Lipinski definition) is 34. The van der Waals surface area contributed by atoms with Crippen LogP contribution in [0.3, 0.4) is 0 Å². The third kappa shape index (κ3) is 26.5. The molecule has 0 radical (unpaired) electrons. The fourth-order valence-corrected chi connectivity index (χ4v) is 18.8. The number of nitrogens with two attached hydrogens (primary N) is 4. The highest BCUT2D eigenvalue weighted by molar-refractivity contribution is 7.90. The van der Waals surface area contributed by atoms with Crippen molar-refractivity contribution in [3.05, 3.63) is 183 Å². The predicted octanol–water partition coefficient (Wildman–Crippen LogP) is 8.19. The highest BCUT2D eigenvalue weighted by Gasteiger charge is 2.34. The number of anilines is 8. The van der Waals surface area contributed by atoms with Crippen molar-refractivity contribution >= 4 is 86.9 Å². The topological polar surface area (TPSA) is 426 Å². The molecule has 5 fully saturated rings. The summed E-state index contributed by atoms with van der Waals surface area (Å²) >= 11 is 0. The van der Waals surface area contributed by atoms with Crippen LogP contribution >= 0.6 is 7.37 Å². The minimum atomic E-state index is -3.16. The zero-order chi connectivity index (χ0) is 90.7. The van der Waals surface area contributed by atoms with Gasteiger partial charge in [-0.3, -0.25) is 43.3 Å². The van der Waals surface area contributed by atoms with Gasteiger partial charge in [-0.2, -0.15) is 39.9 Å². The molecular weight excluding hydrogens is 1700 g/mol. The second-order valence-electron chi connectivity index (χ2n) is 35.2. The largest absolute Gasteiger partial charge is 0.463 e. The highest BCUT2D eigenvalue weighted by Crippen LogP contribution is 2.42. The Hall–Kier alpha value is -11.4. The third-order valence-electron chi connectivity index (χ3n) is 24.4. The molecule has 692 valence electrons. The van der Waals surface area contributed by atoms with Crippen molar-refractivity contribution in [2.24, 2.45) is 5.92 Å². The first kappa shape index (κ1) is 93.3. The number of Topliss-reactive ketones (excluding diaryl/α,β-unsaturated/α-hetero) is 4. The van der Waals surface area contributed by atoms with Crippen LogP contribution in [-0.4, -0.2) is 251 Å². The fourth-order valence-electron chi connectivity index (χ4n) is 17.8. The molecule has 0 bridgehead atoms. The van der Waals surface area contributed by atoms with Gasteiger partial charge in [0.05, 0.1) is 64.2 Å². The smallest absolute Gasteiger partial charge is 0.320 e. The molecule has 4 aromatic carbocycles. The number of ketones is 4. The number of sulfone groups is 1. The molecule has 5 saturated heterocycles. The van der Waals surface area contributed by atoms with Crippen LogP contribution in [0.5, 0.6) is 24.0 Å². The van der Waals surface area contributed by atoms with Crippen molar-refractivity contribution in [3.63, 3.8) is 0 Å². The molecule has 0 saturated carbocycles. The van der Waals surface area contributed by atoms with Gasteiger partial charge in [0.15, 0.2) is 33.0 Å². The van der Waals surface area contributed by atoms with Gasteiger partial charge in [0, 0.05) is 145 Å². The van der Waals surface area contributed by atoms with Gasteiger partial charge in [-0.05, 0) is 155 Å². The molecule has 18 rings (SSSR count). The van der Waals surface area contributed by atoms with Crippen molar-refractivity contribution in [2.45, 2.75) is 142 Å². The molecule has 9 aliphatic heterocycles. The predicted molar refractivity (Wildman–Crippen MR) is 497 cm³/mol. The van der Waals surface area contributed by atoms with Crippen molar-refractivity contribution in [2.75, 3.05) is 193 Å². The van der Waals surface area contributed by atoms with Crippen molar-refractivity contribution in [3.8, 4) is 24.0 Å². The molecule has 2 atom stereocenters. The lowest BCUT2D eigenvalue weighted by molar-refractivity contribution is -0.118. The minimum Gasteiger partial charge on any atom is -0.463 e. The first-order valence-corrected chi connectivity index (χ1v) is 49.5. The van der Waals surface area contributed by atoms with E-state index in [4.69, 9.17) is 51.1 Å². The molecule has 130 heavy (non-hydrogen) atoms. The first-order valence-electron chi connectivity index (χ1n) is 45.1. The summed E-state index contributed by atoms with van der Waals surface area (Å²) in [5, 5.41) is 0. The van der Waals surface area contributed by atoms with Gasteiger partial charge in [0.25, 0.3) is 0 Å². The number of nitrogens with zero attached hydrogens (tertiary/aromatic N) is 18. The zero-order valence-corrected chi connectivity index (χ0v) is 76.5. The van der Waals surface area contributed by atoms with E-state index in [-0.39, 0.29) is 123 Å². The Morgan fingerprint density at radius 1 is 0.438 bits per heavy atom. The first-order chi connectivity index (χ1) is 62.9. The second-order valence-corrected chi connectivity index (χ2v) is 40.3. The monoisotopic (exact) mass is 1820 g/mol. The van der Waals surface area contributed by atoms with Crippen LogP contribution in [-0.2, 0) is 127 Å². The van der Waals surface area contributed by atoms with Crippen LogP contribution in [0.2, 0.25) is 0 Å². The zero-order valence-electron chi connectivity index (χ0n) is 74.8. The van der Waals surface area contributed by atoms with Crippen LogP contribution in [0.1, 0.15) is 125 Å². The molecule has 14 heterocycles. The Bertz CT molecular complexity index is 5590. The van der Waals surface area contributed by atoms with Gasteiger partial charge in [-0.25, -0.2) is 13.4 Å². The number of rotatable bonds is 32. The van der Waals surface area contributed by atoms with Gasteiger partial charge in [0.2, 0.25) is 7.37 Å². The number of fused-ring (bicyclic) bond motifs is 4. The van der Waals surface area contributed by atoms with E-state index in [0.717, 1.165) is 107 Å². The number of nitrogen functional groups attached to an aromatic ring is 4. The molecule has 8 N–H and O–H groups in total. The molecule has 0 spiro atoms. The molecule has 37 heteroatoms. The number of carbonyl (C=O) groups is 4. The van der Waals surface area contributed by atoms with E-state index in [9.17, 15) is 32.2 Å². The maximum Gasteiger partial charge on any atom is 0.320 e. The Kier molecular flexibility index (Phi) is 31.6. The Morgan fingerprint density at radius 2 is 0.754 bits per heavy atom. The van der Waals surface area contributed by atoms with Crippen molar-refractivity contribution in [1.29, 1.82) is 0 Å². The summed E-state index contributed by atoms with van der Waals surface area (Å²) in [5.41, 5.74) is 36.9. The van der Waals surface area contributed by atoms with Gasteiger partial charge in [0.1, 0.15) is 66.4 Å². The molecule has 9 aliphatic rings. The number of ether oxygens (including phenoxy) is 5. The average molecular weight is 1820 g/mol. The van der Waals surface area contributed by atoms with Crippen LogP contribution in [0, 0.1) is 5.92 Å². The average Bonchev–Trinajstić information content (AvgIpc) is 1.31. The summed E-state index contributed by atoms with van der Waals surface area (Å²) in [6.07, 6.45) is 18.8. The molecule has 9 aromatic rings. The Labute approximate surface area is 759 Å². The van der Waals surface area contributed by atoms with E-state index >= 15 is 0 Å². The second kappa shape index (κ2) is 44.0. The van der Waals surface area contributed by atoms with Crippen molar-refractivity contribution < 1.29 is 60.4 Å². The summed E-state index contributed by atoms with van der Waals surface area (Å²) in [6.45, 7) is 21.0. The number of aromatic nitrogens is 10. The Balaban J connectivity index is 0.000000133. The van der Waals surface area contributed by atoms with Crippen LogP contribution in [0.15, 0.2) is 116 Å². The molecule has 35 nitrogen and oxygen atoms in total. The fraction of sp³-hybridized carbons (Fsp3) is 0.495. The molecule has 2 unspecified atom stereocenters. The number of imidazole rings is 1. The summed E-state index contributed by atoms with van der Waals surface area (Å²) in [4.78, 5) is 107. The van der Waals surface area contributed by atoms with E-state index in [1.807, 2.05) is 42.5 Å². The van der Waals surface area contributed by atoms with Gasteiger partial charge in [-0.1, -0.05) is 97.1 Å². The maximum atomic E-state index is 12.5. The van der Waals surface area contributed by atoms with E-state index < -0.39 is 17.2 Å². The number of hydrogen-bond donors (Lipinski definition) is 4. The van der Waals surface area contributed by atoms with Gasteiger partial charge < -0.3 is 75.3 Å². The summed E-state index contributed by atoms with van der Waals surface area (Å²) in [5.74, 6) is 4.20. The Morgan fingerprint density at radius 3 is 1.05 bits per heavy atom. The lowest BCUT2D eigenvalue weighted by Crippen LogP contribution is -2.37. The third-order valence-corrected chi connectivity index (χ3v) is 27.1. The lowest BCUT2D eigenvalue weighted by atomic mass is 10.0. The summed E-state index contributed by atoms with van der Waals surface area (Å²) < 4.78 is 69.8. The number of benzene rings is 4. The quantitative estimate of drug-likeness (QED) is 0.0288. The van der Waals surface area contributed by atoms with Crippen molar-refractivity contribution in [1.82, 2.24) is 69.0 Å². The SMILES string of the molecule is COP(C)(=O)CCOc1nc(N)c2c(n1)N(Cc1cccc(CN3CCCC3)c1)CC(=O)C2.CS(=O)(=O)CCOc1nc(N)c2c(n1)N(Cc1cccc(CN3CCCC3)c1)CC(=O)C2.Nc1nc(OCC2CCOC2)nc2c1CC(=O)CN2Cc1cccc(CN2CCCC2)c1.Nc1nc(OCCn2ccnc2)nc2c1CC(=O)CN2Cc1cccc(CN2CCCC2)c1. The molecule has 0 aliphatic carbocycles. The van der Waals surface area contributed by atoms with E-state index in [1.165, 1.54) is 93.8 Å². The summed E-state index contributed by atoms with van der Waals surface area (Å²) in [7, 11) is -4.44. The van der Waals surface area contributed by atoms with Gasteiger partial charge in [-0.15, -0.1) is 0 Å². The molecule has 5 aromatic heterocycles.